The number of rotatable bonds is 4. The second kappa shape index (κ2) is 6.53. The highest BCUT2D eigenvalue weighted by molar-refractivity contribution is 7.17. The van der Waals surface area contributed by atoms with Crippen LogP contribution in [0, 0.1) is 0 Å². The fraction of sp³-hybridized carbons (Fsp3) is 0.643. The van der Waals surface area contributed by atoms with Crippen LogP contribution in [-0.2, 0) is 4.74 Å². The Morgan fingerprint density at radius 3 is 2.43 bits per heavy atom. The Bertz CT molecular complexity index is 534. The van der Waals surface area contributed by atoms with Crippen molar-refractivity contribution in [3.05, 3.63) is 10.6 Å². The third-order valence-electron chi connectivity index (χ3n) is 3.78. The van der Waals surface area contributed by atoms with Gasteiger partial charge in [-0.25, -0.2) is 9.78 Å². The summed E-state index contributed by atoms with van der Waals surface area (Å²) in [6.45, 7) is 3.21. The van der Waals surface area contributed by atoms with Crippen molar-refractivity contribution in [1.82, 2.24) is 9.88 Å². The number of carbonyl (C=O) groups excluding carboxylic acids is 2. The van der Waals surface area contributed by atoms with Gasteiger partial charge in [0, 0.05) is 26.1 Å². The van der Waals surface area contributed by atoms with Crippen LogP contribution >= 0.6 is 11.3 Å². The quantitative estimate of drug-likeness (QED) is 0.622. The van der Waals surface area contributed by atoms with Crippen molar-refractivity contribution in [2.24, 2.45) is 0 Å². The van der Waals surface area contributed by atoms with Crippen LogP contribution in [0.25, 0.3) is 0 Å². The number of thiazole rings is 1. The number of esters is 1. The minimum Gasteiger partial charge on any atom is -0.464 e. The highest BCUT2D eigenvalue weighted by Crippen LogP contribution is 2.30. The maximum atomic E-state index is 11.7. The predicted octanol–water partition coefficient (Wildman–Crippen LogP) is 1.66. The molecule has 1 aromatic rings. The number of carbonyl (C=O) groups is 2. The monoisotopic (exact) mass is 311 g/mol. The molecule has 0 unspecified atom stereocenters. The molecule has 1 aliphatic heterocycles. The molecule has 116 valence electrons. The lowest BCUT2D eigenvalue weighted by molar-refractivity contribution is 0.0591. The molecule has 2 heterocycles. The third-order valence-corrected chi connectivity index (χ3v) is 5.00. The molecule has 0 bridgehead atoms. The first-order valence-electron chi connectivity index (χ1n) is 6.95. The van der Waals surface area contributed by atoms with Crippen LogP contribution in [0.1, 0.15) is 39.9 Å². The molecule has 0 aromatic carbocycles. The number of ether oxygens (including phenoxy) is 1. The molecular weight excluding hydrogens is 290 g/mol. The van der Waals surface area contributed by atoms with Crippen molar-refractivity contribution in [2.45, 2.75) is 25.8 Å². The van der Waals surface area contributed by atoms with Crippen molar-refractivity contribution in [3.8, 4) is 0 Å². The van der Waals surface area contributed by atoms with Crippen molar-refractivity contribution in [2.75, 3.05) is 39.2 Å². The summed E-state index contributed by atoms with van der Waals surface area (Å²) < 4.78 is 4.70. The molecule has 7 heteroatoms. The van der Waals surface area contributed by atoms with Gasteiger partial charge in [-0.1, -0.05) is 11.3 Å². The van der Waals surface area contributed by atoms with E-state index in [1.807, 2.05) is 0 Å². The van der Waals surface area contributed by atoms with Crippen molar-refractivity contribution >= 4 is 28.2 Å². The number of piperidine rings is 1. The first-order chi connectivity index (χ1) is 9.93. The van der Waals surface area contributed by atoms with Gasteiger partial charge in [0.05, 0.1) is 7.11 Å². The van der Waals surface area contributed by atoms with Crippen LogP contribution in [-0.4, -0.2) is 62.0 Å². The molecule has 1 saturated heterocycles. The minimum absolute atomic E-state index is 0.139. The van der Waals surface area contributed by atoms with Gasteiger partial charge in [0.25, 0.3) is 0 Å². The van der Waals surface area contributed by atoms with E-state index in [2.05, 4.69) is 28.9 Å². The maximum absolute atomic E-state index is 11.7. The van der Waals surface area contributed by atoms with Gasteiger partial charge in [0.1, 0.15) is 4.88 Å². The first kappa shape index (κ1) is 15.9. The number of anilines is 1. The molecule has 0 saturated carbocycles. The molecule has 21 heavy (non-hydrogen) atoms. The fourth-order valence-electron chi connectivity index (χ4n) is 2.49. The highest BCUT2D eigenvalue weighted by Gasteiger charge is 2.27. The Kier molecular flexibility index (Phi) is 4.95. The summed E-state index contributed by atoms with van der Waals surface area (Å²) >= 11 is 1.28. The number of Topliss-reactive ketones (excluding diaryl/α,β-unsaturated/α-hetero) is 1. The average molecular weight is 311 g/mol. The average Bonchev–Trinajstić information content (AvgIpc) is 2.92. The molecular formula is C14H21N3O3S. The Morgan fingerprint density at radius 1 is 1.33 bits per heavy atom. The summed E-state index contributed by atoms with van der Waals surface area (Å²) in [5.41, 5.74) is 0.139. The van der Waals surface area contributed by atoms with Gasteiger partial charge in [-0.3, -0.25) is 4.79 Å². The Morgan fingerprint density at radius 2 is 1.95 bits per heavy atom. The largest absolute Gasteiger partial charge is 0.464 e. The van der Waals surface area contributed by atoms with Gasteiger partial charge in [-0.05, 0) is 26.9 Å². The van der Waals surface area contributed by atoms with Crippen LogP contribution in [0.5, 0.6) is 0 Å². The molecule has 0 spiro atoms. The van der Waals surface area contributed by atoms with E-state index < -0.39 is 5.97 Å². The van der Waals surface area contributed by atoms with Gasteiger partial charge >= 0.3 is 5.97 Å². The van der Waals surface area contributed by atoms with E-state index in [0.29, 0.717) is 10.9 Å². The molecule has 0 aliphatic carbocycles. The van der Waals surface area contributed by atoms with Gasteiger partial charge in [-0.15, -0.1) is 0 Å². The van der Waals surface area contributed by atoms with E-state index in [4.69, 9.17) is 4.74 Å². The Hall–Kier alpha value is -1.47. The van der Waals surface area contributed by atoms with Crippen molar-refractivity contribution in [1.29, 1.82) is 0 Å². The van der Waals surface area contributed by atoms with E-state index in [1.165, 1.54) is 25.4 Å². The van der Waals surface area contributed by atoms with Crippen LogP contribution in [0.15, 0.2) is 0 Å². The first-order valence-corrected chi connectivity index (χ1v) is 7.77. The van der Waals surface area contributed by atoms with E-state index in [0.717, 1.165) is 31.1 Å². The molecule has 6 nitrogen and oxygen atoms in total. The van der Waals surface area contributed by atoms with E-state index in [9.17, 15) is 9.59 Å². The highest BCUT2D eigenvalue weighted by atomic mass is 32.1. The second-order valence-electron chi connectivity index (χ2n) is 5.40. The Labute approximate surface area is 128 Å². The zero-order chi connectivity index (χ0) is 15.6. The molecule has 1 aliphatic rings. The summed E-state index contributed by atoms with van der Waals surface area (Å²) in [6.07, 6.45) is 2.10. The molecule has 0 atom stereocenters. The zero-order valence-electron chi connectivity index (χ0n) is 12.9. The van der Waals surface area contributed by atoms with Crippen LogP contribution in [0.3, 0.4) is 0 Å². The van der Waals surface area contributed by atoms with Crippen molar-refractivity contribution < 1.29 is 14.3 Å². The second-order valence-corrected chi connectivity index (χ2v) is 6.38. The minimum atomic E-state index is -0.550. The summed E-state index contributed by atoms with van der Waals surface area (Å²) in [5.74, 6) is -0.701. The number of aromatic nitrogens is 1. The summed E-state index contributed by atoms with van der Waals surface area (Å²) in [7, 11) is 5.48. The number of methoxy groups -OCH3 is 1. The molecule has 2 rings (SSSR count). The normalized spacial score (nSPS) is 16.3. The van der Waals surface area contributed by atoms with Crippen LogP contribution < -0.4 is 4.90 Å². The molecule has 1 aromatic heterocycles. The zero-order valence-corrected chi connectivity index (χ0v) is 13.7. The summed E-state index contributed by atoms with van der Waals surface area (Å²) in [4.78, 5) is 32.5. The standard InChI is InChI=1S/C14H21N3O3S/c1-9(18)12-11(13(19)20-4)15-14(21-12)17-7-5-10(6-8-17)16(2)3/h10H,5-8H2,1-4H3. The third kappa shape index (κ3) is 3.41. The smallest absolute Gasteiger partial charge is 0.358 e. The topological polar surface area (TPSA) is 62.7 Å². The molecule has 0 radical (unpaired) electrons. The van der Waals surface area contributed by atoms with Crippen molar-refractivity contribution in [3.63, 3.8) is 0 Å². The SMILES string of the molecule is COC(=O)c1nc(N2CCC(N(C)C)CC2)sc1C(C)=O. The van der Waals surface area contributed by atoms with E-state index in [1.54, 1.807) is 0 Å². The number of nitrogens with zero attached hydrogens (tertiary/aromatic N) is 3. The molecule has 1 fully saturated rings. The van der Waals surface area contributed by atoms with Gasteiger partial charge in [0.15, 0.2) is 16.6 Å². The Balaban J connectivity index is 2.18. The maximum Gasteiger partial charge on any atom is 0.358 e. The lowest BCUT2D eigenvalue weighted by Gasteiger charge is -2.34. The van der Waals surface area contributed by atoms with Gasteiger partial charge < -0.3 is 14.5 Å². The number of hydrogen-bond donors (Lipinski definition) is 0. The fourth-order valence-corrected chi connectivity index (χ4v) is 3.49. The number of hydrogen-bond acceptors (Lipinski definition) is 7. The number of ketones is 1. The van der Waals surface area contributed by atoms with Crippen LogP contribution in [0.2, 0.25) is 0 Å². The van der Waals surface area contributed by atoms with Crippen LogP contribution in [0.4, 0.5) is 5.13 Å². The van der Waals surface area contributed by atoms with Gasteiger partial charge in [-0.2, -0.15) is 0 Å². The summed E-state index contributed by atoms with van der Waals surface area (Å²) in [6, 6.07) is 0.577. The lowest BCUT2D eigenvalue weighted by atomic mass is 10.0. The van der Waals surface area contributed by atoms with E-state index >= 15 is 0 Å². The van der Waals surface area contributed by atoms with Gasteiger partial charge in [0.2, 0.25) is 0 Å². The molecule has 0 N–H and O–H groups in total. The molecule has 0 amide bonds. The van der Waals surface area contributed by atoms with E-state index in [-0.39, 0.29) is 11.5 Å². The lowest BCUT2D eigenvalue weighted by Crippen LogP contribution is -2.41. The summed E-state index contributed by atoms with van der Waals surface area (Å²) in [5, 5.41) is 0.734. The predicted molar refractivity (Wildman–Crippen MR) is 82.4 cm³/mol.